The zero-order valence-electron chi connectivity index (χ0n) is 11.9. The van der Waals surface area contributed by atoms with Crippen LogP contribution in [-0.4, -0.2) is 64.5 Å². The zero-order chi connectivity index (χ0) is 16.1. The number of hydrogen-bond acceptors (Lipinski definition) is 9. The van der Waals surface area contributed by atoms with Crippen molar-refractivity contribution in [2.45, 2.75) is 12.8 Å². The maximum atomic E-state index is 11.0. The number of methoxy groups -OCH3 is 2. The minimum absolute atomic E-state index is 0.0358. The van der Waals surface area contributed by atoms with Gasteiger partial charge in [0.05, 0.1) is 27.4 Å². The van der Waals surface area contributed by atoms with E-state index in [1.165, 1.54) is 14.2 Å². The van der Waals surface area contributed by atoms with Gasteiger partial charge in [0.25, 0.3) is 0 Å². The van der Waals surface area contributed by atoms with Gasteiger partial charge in [0.15, 0.2) is 0 Å². The lowest BCUT2D eigenvalue weighted by Crippen LogP contribution is -2.17. The molecular formula is C12H18O9. The summed E-state index contributed by atoms with van der Waals surface area (Å²) in [6.07, 6.45) is -0.913. The number of esters is 4. The second-order valence-electron chi connectivity index (χ2n) is 3.56. The van der Waals surface area contributed by atoms with Crippen LogP contribution in [0.2, 0.25) is 0 Å². The first-order valence-electron chi connectivity index (χ1n) is 6.02. The van der Waals surface area contributed by atoms with E-state index in [1.807, 2.05) is 0 Å². The molecule has 0 aromatic heterocycles. The number of ether oxygens (including phenoxy) is 5. The number of rotatable bonds is 10. The molecule has 0 aromatic rings. The van der Waals surface area contributed by atoms with Crippen LogP contribution < -0.4 is 0 Å². The van der Waals surface area contributed by atoms with Gasteiger partial charge in [0.2, 0.25) is 0 Å². The van der Waals surface area contributed by atoms with Gasteiger partial charge in [-0.25, -0.2) is 0 Å². The van der Waals surface area contributed by atoms with Gasteiger partial charge in [0.1, 0.15) is 26.1 Å². The summed E-state index contributed by atoms with van der Waals surface area (Å²) >= 11 is 0. The average Bonchev–Trinajstić information content (AvgIpc) is 2.45. The summed E-state index contributed by atoms with van der Waals surface area (Å²) in [6.45, 7) is 0.0980. The Morgan fingerprint density at radius 1 is 0.619 bits per heavy atom. The Kier molecular flexibility index (Phi) is 10.5. The summed E-state index contributed by atoms with van der Waals surface area (Å²) in [7, 11) is 2.33. The molecule has 0 heterocycles. The van der Waals surface area contributed by atoms with Crippen LogP contribution in [0.4, 0.5) is 0 Å². The lowest BCUT2D eigenvalue weighted by molar-refractivity contribution is -0.154. The maximum absolute atomic E-state index is 11.0. The second kappa shape index (κ2) is 11.6. The molecule has 0 saturated heterocycles. The first kappa shape index (κ1) is 18.8. The summed E-state index contributed by atoms with van der Waals surface area (Å²) in [5.74, 6) is -2.79. The Labute approximate surface area is 121 Å². The predicted molar refractivity (Wildman–Crippen MR) is 66.0 cm³/mol. The van der Waals surface area contributed by atoms with Gasteiger partial charge in [-0.15, -0.1) is 0 Å². The van der Waals surface area contributed by atoms with Crippen LogP contribution in [-0.2, 0) is 42.9 Å². The fourth-order valence-electron chi connectivity index (χ4n) is 1.01. The number of carbonyl (C=O) groups excluding carboxylic acids is 4. The van der Waals surface area contributed by atoms with Gasteiger partial charge < -0.3 is 23.7 Å². The lowest BCUT2D eigenvalue weighted by atomic mass is 10.4. The topological polar surface area (TPSA) is 114 Å². The standard InChI is InChI=1S/C12H18O9/c1-17-9(13)7-11(15)20-5-3-19-4-6-21-12(16)8-10(14)18-2/h3-8H2,1-2H3. The van der Waals surface area contributed by atoms with Crippen molar-refractivity contribution in [3.63, 3.8) is 0 Å². The summed E-state index contributed by atoms with van der Waals surface area (Å²) in [5.41, 5.74) is 0. The predicted octanol–water partition coefficient (Wildman–Crippen LogP) is -0.784. The molecule has 0 amide bonds. The quantitative estimate of drug-likeness (QED) is 0.222. The van der Waals surface area contributed by atoms with Crippen molar-refractivity contribution in [3.8, 4) is 0 Å². The van der Waals surface area contributed by atoms with Crippen molar-refractivity contribution in [3.05, 3.63) is 0 Å². The van der Waals surface area contributed by atoms with E-state index in [1.54, 1.807) is 0 Å². The molecule has 0 saturated carbocycles. The molecule has 0 radical (unpaired) electrons. The summed E-state index contributed by atoms with van der Waals surface area (Å²) in [4.78, 5) is 43.5. The Hall–Kier alpha value is -2.16. The molecule has 0 fully saturated rings. The normalized spacial score (nSPS) is 9.62. The van der Waals surface area contributed by atoms with Gasteiger partial charge >= 0.3 is 23.9 Å². The fraction of sp³-hybridized carbons (Fsp3) is 0.667. The molecule has 9 nitrogen and oxygen atoms in total. The molecule has 9 heteroatoms. The van der Waals surface area contributed by atoms with Gasteiger partial charge in [-0.3, -0.25) is 19.2 Å². The average molecular weight is 306 g/mol. The van der Waals surface area contributed by atoms with Gasteiger partial charge in [-0.05, 0) is 0 Å². The zero-order valence-corrected chi connectivity index (χ0v) is 11.9. The third kappa shape index (κ3) is 11.4. The van der Waals surface area contributed by atoms with Crippen LogP contribution in [0.1, 0.15) is 12.8 Å². The molecule has 0 rings (SSSR count). The van der Waals surface area contributed by atoms with E-state index < -0.39 is 36.7 Å². The van der Waals surface area contributed by atoms with E-state index in [0.717, 1.165) is 0 Å². The first-order chi connectivity index (χ1) is 9.99. The summed E-state index contributed by atoms with van der Waals surface area (Å²) < 4.78 is 22.9. The largest absolute Gasteiger partial charge is 0.469 e. The van der Waals surface area contributed by atoms with Crippen molar-refractivity contribution >= 4 is 23.9 Å². The Balaban J connectivity index is 3.44. The molecule has 0 unspecified atom stereocenters. The molecule has 0 spiro atoms. The smallest absolute Gasteiger partial charge is 0.317 e. The highest BCUT2D eigenvalue weighted by Crippen LogP contribution is 1.91. The minimum atomic E-state index is -0.713. The molecule has 21 heavy (non-hydrogen) atoms. The van der Waals surface area contributed by atoms with Crippen LogP contribution in [0.5, 0.6) is 0 Å². The molecule has 0 aliphatic rings. The third-order valence-corrected chi connectivity index (χ3v) is 2.01. The third-order valence-electron chi connectivity index (χ3n) is 2.01. The fourth-order valence-corrected chi connectivity index (χ4v) is 1.01. The van der Waals surface area contributed by atoms with Crippen LogP contribution in [0.25, 0.3) is 0 Å². The van der Waals surface area contributed by atoms with Crippen molar-refractivity contribution < 1.29 is 42.9 Å². The molecule has 0 aliphatic heterocycles. The Bertz CT molecular complexity index is 330. The highest BCUT2D eigenvalue weighted by atomic mass is 16.6. The van der Waals surface area contributed by atoms with Crippen LogP contribution in [0.15, 0.2) is 0 Å². The number of hydrogen-bond donors (Lipinski definition) is 0. The lowest BCUT2D eigenvalue weighted by Gasteiger charge is -2.06. The van der Waals surface area contributed by atoms with E-state index >= 15 is 0 Å². The monoisotopic (exact) mass is 306 g/mol. The van der Waals surface area contributed by atoms with Crippen LogP contribution in [0, 0.1) is 0 Å². The molecule has 0 aromatic carbocycles. The molecule has 0 N–H and O–H groups in total. The van der Waals surface area contributed by atoms with Crippen LogP contribution in [0.3, 0.4) is 0 Å². The van der Waals surface area contributed by atoms with Gasteiger partial charge in [-0.1, -0.05) is 0 Å². The van der Waals surface area contributed by atoms with E-state index in [2.05, 4.69) is 18.9 Å². The highest BCUT2D eigenvalue weighted by Gasteiger charge is 2.11. The highest BCUT2D eigenvalue weighted by molar-refractivity contribution is 5.91. The van der Waals surface area contributed by atoms with Crippen molar-refractivity contribution in [1.29, 1.82) is 0 Å². The van der Waals surface area contributed by atoms with Crippen molar-refractivity contribution in [1.82, 2.24) is 0 Å². The summed E-state index contributed by atoms with van der Waals surface area (Å²) in [5, 5.41) is 0. The Morgan fingerprint density at radius 2 is 1.00 bits per heavy atom. The van der Waals surface area contributed by atoms with E-state index in [0.29, 0.717) is 0 Å². The van der Waals surface area contributed by atoms with Crippen LogP contribution >= 0.6 is 0 Å². The number of carbonyl (C=O) groups is 4. The molecular weight excluding hydrogens is 288 g/mol. The van der Waals surface area contributed by atoms with Gasteiger partial charge in [0, 0.05) is 0 Å². The van der Waals surface area contributed by atoms with Crippen molar-refractivity contribution in [2.24, 2.45) is 0 Å². The molecule has 0 atom stereocenters. The minimum Gasteiger partial charge on any atom is -0.469 e. The second-order valence-corrected chi connectivity index (χ2v) is 3.56. The maximum Gasteiger partial charge on any atom is 0.317 e. The van der Waals surface area contributed by atoms with E-state index in [4.69, 9.17) is 4.74 Å². The first-order valence-corrected chi connectivity index (χ1v) is 6.02. The van der Waals surface area contributed by atoms with Gasteiger partial charge in [-0.2, -0.15) is 0 Å². The molecule has 0 bridgehead atoms. The van der Waals surface area contributed by atoms with Crippen molar-refractivity contribution in [2.75, 3.05) is 40.6 Å². The molecule has 0 aliphatic carbocycles. The summed E-state index contributed by atoms with van der Waals surface area (Å²) in [6, 6.07) is 0. The SMILES string of the molecule is COC(=O)CC(=O)OCCOCCOC(=O)CC(=O)OC. The van der Waals surface area contributed by atoms with E-state index in [9.17, 15) is 19.2 Å². The Morgan fingerprint density at radius 3 is 1.33 bits per heavy atom. The molecule has 120 valence electrons. The van der Waals surface area contributed by atoms with E-state index in [-0.39, 0.29) is 26.4 Å².